The van der Waals surface area contributed by atoms with Gasteiger partial charge in [-0.15, -0.1) is 0 Å². The molecule has 0 bridgehead atoms. The summed E-state index contributed by atoms with van der Waals surface area (Å²) in [5.74, 6) is -0.279. The number of phenols is 1. The van der Waals surface area contributed by atoms with Gasteiger partial charge in [0.15, 0.2) is 0 Å². The second kappa shape index (κ2) is 9.14. The summed E-state index contributed by atoms with van der Waals surface area (Å²) < 4.78 is 15.0. The maximum absolute atomic E-state index is 15.0. The number of benzene rings is 3. The molecule has 3 aromatic rings. The monoisotopic (exact) mass is 447 g/mol. The van der Waals surface area contributed by atoms with Crippen molar-refractivity contribution in [1.82, 2.24) is 0 Å². The number of nitrogens with zero attached hydrogens (tertiary/aromatic N) is 1. The van der Waals surface area contributed by atoms with Crippen LogP contribution in [0.25, 0.3) is 0 Å². The zero-order valence-electron chi connectivity index (χ0n) is 19.3. The fourth-order valence-electron chi connectivity index (χ4n) is 4.75. The molecule has 0 atom stereocenters. The average Bonchev–Trinajstić information content (AvgIpc) is 3.19. The van der Waals surface area contributed by atoms with Crippen molar-refractivity contribution >= 4 is 28.8 Å². The first-order valence-electron chi connectivity index (χ1n) is 11.5. The molecule has 1 heterocycles. The third-order valence-electron chi connectivity index (χ3n) is 6.78. The number of carbonyl (C=O) groups excluding carboxylic acids is 1. The van der Waals surface area contributed by atoms with Gasteiger partial charge >= 0.3 is 6.03 Å². The van der Waals surface area contributed by atoms with E-state index in [0.29, 0.717) is 34.9 Å². The molecular formula is C27H30FN3O2. The van der Waals surface area contributed by atoms with Crippen LogP contribution in [0.5, 0.6) is 5.75 Å². The Morgan fingerprint density at radius 2 is 1.70 bits per heavy atom. The average molecular weight is 448 g/mol. The van der Waals surface area contributed by atoms with Crippen LogP contribution in [0.1, 0.15) is 44.7 Å². The Labute approximate surface area is 194 Å². The maximum Gasteiger partial charge on any atom is 0.323 e. The highest BCUT2D eigenvalue weighted by atomic mass is 19.1. The van der Waals surface area contributed by atoms with Gasteiger partial charge < -0.3 is 20.6 Å². The predicted octanol–water partition coefficient (Wildman–Crippen LogP) is 6.95. The van der Waals surface area contributed by atoms with Crippen molar-refractivity contribution in [1.29, 1.82) is 0 Å². The Bertz CT molecular complexity index is 1160. The van der Waals surface area contributed by atoms with Crippen molar-refractivity contribution in [2.24, 2.45) is 0 Å². The van der Waals surface area contributed by atoms with E-state index in [0.717, 1.165) is 19.3 Å². The number of aromatic hydroxyl groups is 1. The van der Waals surface area contributed by atoms with Gasteiger partial charge in [-0.25, -0.2) is 9.18 Å². The van der Waals surface area contributed by atoms with Gasteiger partial charge in [-0.3, -0.25) is 0 Å². The number of aryl methyl sites for hydroxylation is 1. The molecule has 5 nitrogen and oxygen atoms in total. The normalized spacial score (nSPS) is 14.1. The molecule has 0 fully saturated rings. The van der Waals surface area contributed by atoms with Gasteiger partial charge in [-0.1, -0.05) is 45.0 Å². The minimum atomic E-state index is -0.422. The molecule has 0 radical (unpaired) electrons. The first-order valence-corrected chi connectivity index (χ1v) is 11.5. The van der Waals surface area contributed by atoms with E-state index >= 15 is 4.39 Å². The number of halogens is 1. The molecule has 3 N–H and O–H groups in total. The number of amides is 2. The topological polar surface area (TPSA) is 64.6 Å². The van der Waals surface area contributed by atoms with Crippen LogP contribution in [0.15, 0.2) is 60.7 Å². The highest BCUT2D eigenvalue weighted by molar-refractivity contribution is 6.02. The largest absolute Gasteiger partial charge is 0.506 e. The Hall–Kier alpha value is -3.54. The van der Waals surface area contributed by atoms with Gasteiger partial charge in [-0.2, -0.15) is 0 Å². The van der Waals surface area contributed by atoms with E-state index in [1.54, 1.807) is 0 Å². The van der Waals surface area contributed by atoms with Crippen LogP contribution in [0, 0.1) is 5.82 Å². The number of phenolic OH excluding ortho intramolecular Hbond substituents is 1. The summed E-state index contributed by atoms with van der Waals surface area (Å²) in [4.78, 5) is 14.7. The predicted molar refractivity (Wildman–Crippen MR) is 132 cm³/mol. The Morgan fingerprint density at radius 1 is 1.00 bits per heavy atom. The maximum atomic E-state index is 15.0. The van der Waals surface area contributed by atoms with Gasteiger partial charge in [0.2, 0.25) is 0 Å². The van der Waals surface area contributed by atoms with Gasteiger partial charge in [0.25, 0.3) is 0 Å². The molecule has 4 rings (SSSR count). The number of para-hydroxylation sites is 2. The number of nitrogens with one attached hydrogen (secondary N) is 2. The molecule has 2 amide bonds. The molecule has 0 spiro atoms. The fourth-order valence-corrected chi connectivity index (χ4v) is 4.75. The van der Waals surface area contributed by atoms with E-state index in [1.807, 2.05) is 67.3 Å². The lowest BCUT2D eigenvalue weighted by Gasteiger charge is -2.29. The van der Waals surface area contributed by atoms with Gasteiger partial charge in [-0.05, 0) is 61.2 Å². The summed E-state index contributed by atoms with van der Waals surface area (Å²) >= 11 is 0. The summed E-state index contributed by atoms with van der Waals surface area (Å²) in [7, 11) is 0. The molecule has 0 saturated carbocycles. The summed E-state index contributed by atoms with van der Waals surface area (Å²) in [5.41, 5.74) is 3.78. The van der Waals surface area contributed by atoms with Gasteiger partial charge in [0.05, 0.1) is 17.1 Å². The van der Waals surface area contributed by atoms with E-state index < -0.39 is 5.41 Å². The second-order valence-electron chi connectivity index (χ2n) is 8.51. The van der Waals surface area contributed by atoms with Crippen LogP contribution >= 0.6 is 0 Å². The van der Waals surface area contributed by atoms with Crippen molar-refractivity contribution in [3.8, 4) is 5.75 Å². The number of carbonyl (C=O) groups is 1. The highest BCUT2D eigenvalue weighted by Gasteiger charge is 2.44. The second-order valence-corrected chi connectivity index (χ2v) is 8.51. The van der Waals surface area contributed by atoms with Crippen molar-refractivity contribution < 1.29 is 14.3 Å². The standard InChI is InChI=1S/C27H30FN3O2/c1-4-18-11-13-19(14-12-18)29-26(33)30-21-9-7-8-10-22(21)31-17-27(5-2,6-3)24-20(28)15-16-23(32)25(24)31/h7-16,32H,4-6,17H2,1-3H3,(H2,29,30,33). The number of fused-ring (bicyclic) bond motifs is 1. The zero-order chi connectivity index (χ0) is 23.6. The molecule has 6 heteroatoms. The zero-order valence-corrected chi connectivity index (χ0v) is 19.3. The van der Waals surface area contributed by atoms with Crippen molar-refractivity contribution in [2.75, 3.05) is 22.1 Å². The lowest BCUT2D eigenvalue weighted by atomic mass is 9.77. The van der Waals surface area contributed by atoms with Crippen LogP contribution in [-0.4, -0.2) is 17.7 Å². The van der Waals surface area contributed by atoms with Crippen molar-refractivity contribution in [3.63, 3.8) is 0 Å². The lowest BCUT2D eigenvalue weighted by Crippen LogP contribution is -2.31. The molecule has 172 valence electrons. The minimum Gasteiger partial charge on any atom is -0.506 e. The van der Waals surface area contributed by atoms with Gasteiger partial charge in [0.1, 0.15) is 11.6 Å². The van der Waals surface area contributed by atoms with E-state index in [4.69, 9.17) is 0 Å². The van der Waals surface area contributed by atoms with E-state index in [1.165, 1.54) is 17.7 Å². The molecule has 1 aliphatic heterocycles. The van der Waals surface area contributed by atoms with Crippen LogP contribution in [0.3, 0.4) is 0 Å². The van der Waals surface area contributed by atoms with Gasteiger partial charge in [0, 0.05) is 23.2 Å². The minimum absolute atomic E-state index is 0.0328. The van der Waals surface area contributed by atoms with Crippen LogP contribution in [0.2, 0.25) is 0 Å². The molecular weight excluding hydrogens is 417 g/mol. The fraction of sp³-hybridized carbons (Fsp3) is 0.296. The quantitative estimate of drug-likeness (QED) is 0.383. The summed E-state index contributed by atoms with van der Waals surface area (Å²) in [6, 6.07) is 17.5. The summed E-state index contributed by atoms with van der Waals surface area (Å²) in [6.45, 7) is 6.68. The first-order chi connectivity index (χ1) is 15.9. The smallest absolute Gasteiger partial charge is 0.323 e. The third-order valence-corrected chi connectivity index (χ3v) is 6.78. The third kappa shape index (κ3) is 4.13. The molecule has 0 saturated heterocycles. The Balaban J connectivity index is 1.67. The molecule has 33 heavy (non-hydrogen) atoms. The molecule has 0 aromatic heterocycles. The molecule has 0 unspecified atom stereocenters. The van der Waals surface area contributed by atoms with Crippen molar-refractivity contribution in [3.05, 3.63) is 77.6 Å². The van der Waals surface area contributed by atoms with Crippen molar-refractivity contribution in [2.45, 2.75) is 45.4 Å². The summed E-state index contributed by atoms with van der Waals surface area (Å²) in [5, 5.41) is 16.5. The SMILES string of the molecule is CCc1ccc(NC(=O)Nc2ccccc2N2CC(CC)(CC)c3c(F)ccc(O)c32)cc1. The number of hydrogen-bond acceptors (Lipinski definition) is 3. The number of rotatable bonds is 6. The number of urea groups is 1. The van der Waals surface area contributed by atoms with Crippen LogP contribution < -0.4 is 15.5 Å². The first kappa shape index (κ1) is 22.6. The van der Waals surface area contributed by atoms with Crippen LogP contribution in [0.4, 0.5) is 31.9 Å². The molecule has 1 aliphatic rings. The molecule has 0 aliphatic carbocycles. The van der Waals surface area contributed by atoms with E-state index in [-0.39, 0.29) is 17.6 Å². The summed E-state index contributed by atoms with van der Waals surface area (Å²) in [6.07, 6.45) is 2.40. The van der Waals surface area contributed by atoms with Crippen LogP contribution in [-0.2, 0) is 11.8 Å². The Morgan fingerprint density at radius 3 is 2.36 bits per heavy atom. The Kier molecular flexibility index (Phi) is 6.27. The molecule has 3 aromatic carbocycles. The van der Waals surface area contributed by atoms with E-state index in [9.17, 15) is 9.90 Å². The highest BCUT2D eigenvalue weighted by Crippen LogP contribution is 2.53. The number of anilines is 4. The van der Waals surface area contributed by atoms with E-state index in [2.05, 4.69) is 17.6 Å². The lowest BCUT2D eigenvalue weighted by molar-refractivity contribution is 0.262. The number of hydrogen-bond donors (Lipinski definition) is 3.